The Bertz CT molecular complexity index is 1310. The van der Waals surface area contributed by atoms with Crippen molar-refractivity contribution >= 4 is 17.6 Å². The number of carboxylic acids is 1. The highest BCUT2D eigenvalue weighted by molar-refractivity contribution is 6.11. The normalized spacial score (nSPS) is 19.2. The average molecular weight is 500 g/mol. The summed E-state index contributed by atoms with van der Waals surface area (Å²) in [6.07, 6.45) is 5.79. The van der Waals surface area contributed by atoms with Crippen LogP contribution in [0.25, 0.3) is 0 Å². The van der Waals surface area contributed by atoms with Crippen LogP contribution in [-0.4, -0.2) is 40.7 Å². The van der Waals surface area contributed by atoms with E-state index >= 15 is 0 Å². The van der Waals surface area contributed by atoms with Crippen LogP contribution in [0.2, 0.25) is 0 Å². The first-order valence-corrected chi connectivity index (χ1v) is 13.1. The SMILES string of the molecule is N#Cc1ccc(C2=NC(C(=O)N3CCCC3)=C(CCC(=O)O)C2CCc2ccc(C3CC3)cc2)cc1F. The Morgan fingerprint density at radius 2 is 1.81 bits per heavy atom. The van der Waals surface area contributed by atoms with E-state index in [1.54, 1.807) is 11.0 Å². The minimum absolute atomic E-state index is 0.0536. The van der Waals surface area contributed by atoms with Crippen molar-refractivity contribution in [2.45, 2.75) is 57.3 Å². The summed E-state index contributed by atoms with van der Waals surface area (Å²) in [4.78, 5) is 31.5. The van der Waals surface area contributed by atoms with E-state index in [0.29, 0.717) is 48.0 Å². The van der Waals surface area contributed by atoms with Crippen LogP contribution >= 0.6 is 0 Å². The van der Waals surface area contributed by atoms with Gasteiger partial charge < -0.3 is 10.0 Å². The molecule has 0 aromatic heterocycles. The van der Waals surface area contributed by atoms with E-state index < -0.39 is 11.8 Å². The lowest BCUT2D eigenvalue weighted by molar-refractivity contribution is -0.137. The number of rotatable bonds is 9. The zero-order valence-electron chi connectivity index (χ0n) is 20.8. The highest BCUT2D eigenvalue weighted by Crippen LogP contribution is 2.40. The third-order valence-electron chi connectivity index (χ3n) is 7.63. The maximum Gasteiger partial charge on any atom is 0.303 e. The van der Waals surface area contributed by atoms with Gasteiger partial charge in [0.1, 0.15) is 17.6 Å². The predicted octanol–water partition coefficient (Wildman–Crippen LogP) is 5.37. The monoisotopic (exact) mass is 499 g/mol. The van der Waals surface area contributed by atoms with E-state index in [0.717, 1.165) is 24.8 Å². The number of carbonyl (C=O) groups excluding carboxylic acids is 1. The molecule has 1 N–H and O–H groups in total. The topological polar surface area (TPSA) is 93.8 Å². The Hall–Kier alpha value is -3.79. The zero-order chi connectivity index (χ0) is 25.9. The molecule has 1 aliphatic carbocycles. The molecule has 1 atom stereocenters. The Balaban J connectivity index is 1.48. The first-order chi connectivity index (χ1) is 17.9. The summed E-state index contributed by atoms with van der Waals surface area (Å²) in [6, 6.07) is 14.9. The summed E-state index contributed by atoms with van der Waals surface area (Å²) < 4.78 is 14.6. The summed E-state index contributed by atoms with van der Waals surface area (Å²) in [7, 11) is 0. The number of aliphatic carboxylic acids is 1. The minimum Gasteiger partial charge on any atom is -0.481 e. The molecule has 2 aromatic carbocycles. The average Bonchev–Trinajstić information content (AvgIpc) is 3.47. The highest BCUT2D eigenvalue weighted by Gasteiger charge is 2.36. The van der Waals surface area contributed by atoms with Gasteiger partial charge in [-0.1, -0.05) is 30.3 Å². The van der Waals surface area contributed by atoms with E-state index in [4.69, 9.17) is 10.3 Å². The molecular weight excluding hydrogens is 469 g/mol. The highest BCUT2D eigenvalue weighted by atomic mass is 19.1. The number of hydrogen-bond acceptors (Lipinski definition) is 4. The fourth-order valence-corrected chi connectivity index (χ4v) is 5.42. The molecule has 7 heteroatoms. The fraction of sp³-hybridized carbons (Fsp3) is 0.400. The second-order valence-electron chi connectivity index (χ2n) is 10.2. The van der Waals surface area contributed by atoms with Crippen molar-refractivity contribution in [2.24, 2.45) is 10.9 Å². The molecule has 0 bridgehead atoms. The third-order valence-corrected chi connectivity index (χ3v) is 7.63. The molecular formula is C30H30FN3O3. The standard InChI is InChI=1S/C30H30FN3O3/c31-26-17-22(10-11-23(26)18-32)28-24(12-5-19-3-6-20(7-4-19)21-8-9-21)25(13-14-27(35)36)29(33-28)30(37)34-15-1-2-16-34/h3-4,6-7,10-11,17,21,24H,1-2,5,8-9,12-16H2,(H,35,36). The maximum atomic E-state index is 14.6. The van der Waals surface area contributed by atoms with Crippen molar-refractivity contribution in [2.75, 3.05) is 13.1 Å². The molecule has 6 nitrogen and oxygen atoms in total. The molecule has 1 saturated heterocycles. The third kappa shape index (κ3) is 5.48. The van der Waals surface area contributed by atoms with E-state index in [-0.39, 0.29) is 30.2 Å². The van der Waals surface area contributed by atoms with Crippen molar-refractivity contribution in [1.29, 1.82) is 5.26 Å². The Morgan fingerprint density at radius 3 is 2.43 bits per heavy atom. The van der Waals surface area contributed by atoms with Gasteiger partial charge in [0.05, 0.1) is 11.3 Å². The van der Waals surface area contributed by atoms with Gasteiger partial charge in [-0.3, -0.25) is 9.59 Å². The van der Waals surface area contributed by atoms with Gasteiger partial charge in [0.2, 0.25) is 0 Å². The molecule has 5 rings (SSSR count). The van der Waals surface area contributed by atoms with Gasteiger partial charge in [-0.25, -0.2) is 9.38 Å². The van der Waals surface area contributed by atoms with Gasteiger partial charge in [-0.2, -0.15) is 5.26 Å². The molecule has 1 unspecified atom stereocenters. The number of aliphatic imine (C=N–C) groups is 1. The van der Waals surface area contributed by atoms with Crippen molar-refractivity contribution in [3.8, 4) is 6.07 Å². The summed E-state index contributed by atoms with van der Waals surface area (Å²) in [5.74, 6) is -1.38. The number of halogens is 1. The Kier molecular flexibility index (Phi) is 7.18. The summed E-state index contributed by atoms with van der Waals surface area (Å²) in [5, 5.41) is 18.6. The van der Waals surface area contributed by atoms with Crippen LogP contribution in [0.1, 0.15) is 73.1 Å². The number of allylic oxidation sites excluding steroid dienone is 1. The lowest BCUT2D eigenvalue weighted by atomic mass is 9.84. The lowest BCUT2D eigenvalue weighted by Gasteiger charge is -2.19. The molecule has 2 aliphatic heterocycles. The molecule has 1 saturated carbocycles. The van der Waals surface area contributed by atoms with Crippen LogP contribution in [0.4, 0.5) is 4.39 Å². The van der Waals surface area contributed by atoms with Crippen molar-refractivity contribution < 1.29 is 19.1 Å². The number of carbonyl (C=O) groups is 2. The second-order valence-corrected chi connectivity index (χ2v) is 10.2. The number of hydrogen-bond donors (Lipinski definition) is 1. The van der Waals surface area contributed by atoms with Crippen molar-refractivity contribution in [3.63, 3.8) is 0 Å². The summed E-state index contributed by atoms with van der Waals surface area (Å²) >= 11 is 0. The first kappa shape index (κ1) is 24.9. The van der Waals surface area contributed by atoms with Gasteiger partial charge in [0, 0.05) is 25.4 Å². The predicted molar refractivity (Wildman–Crippen MR) is 138 cm³/mol. The molecule has 2 aromatic rings. The van der Waals surface area contributed by atoms with Gasteiger partial charge in [0.25, 0.3) is 5.91 Å². The van der Waals surface area contributed by atoms with Crippen LogP contribution in [0, 0.1) is 23.1 Å². The van der Waals surface area contributed by atoms with Crippen LogP contribution in [0.3, 0.4) is 0 Å². The van der Waals surface area contributed by atoms with E-state index in [1.807, 2.05) is 6.07 Å². The molecule has 3 aliphatic rings. The van der Waals surface area contributed by atoms with Gasteiger partial charge in [-0.15, -0.1) is 0 Å². The van der Waals surface area contributed by atoms with Crippen molar-refractivity contribution in [1.82, 2.24) is 4.90 Å². The van der Waals surface area contributed by atoms with Gasteiger partial charge in [-0.05, 0) is 85.3 Å². The first-order valence-electron chi connectivity index (χ1n) is 13.1. The number of benzene rings is 2. The number of amides is 1. The molecule has 37 heavy (non-hydrogen) atoms. The largest absolute Gasteiger partial charge is 0.481 e. The molecule has 0 spiro atoms. The fourth-order valence-electron chi connectivity index (χ4n) is 5.42. The Morgan fingerprint density at radius 1 is 1.08 bits per heavy atom. The van der Waals surface area contributed by atoms with Gasteiger partial charge in [0.15, 0.2) is 0 Å². The zero-order valence-corrected chi connectivity index (χ0v) is 20.8. The second kappa shape index (κ2) is 10.7. The van der Waals surface area contributed by atoms with Crippen LogP contribution in [0.15, 0.2) is 58.7 Å². The summed E-state index contributed by atoms with van der Waals surface area (Å²) in [6.45, 7) is 1.31. The Labute approximate surface area is 216 Å². The molecule has 190 valence electrons. The number of nitriles is 1. The minimum atomic E-state index is -0.937. The number of carboxylic acid groups (broad SMARTS) is 1. The number of likely N-dealkylation sites (tertiary alicyclic amines) is 1. The molecule has 0 radical (unpaired) electrons. The summed E-state index contributed by atoms with van der Waals surface area (Å²) in [5.41, 5.74) is 4.57. The number of aryl methyl sites for hydroxylation is 1. The lowest BCUT2D eigenvalue weighted by Crippen LogP contribution is -2.29. The quantitative estimate of drug-likeness (QED) is 0.502. The van der Waals surface area contributed by atoms with Crippen LogP contribution < -0.4 is 0 Å². The smallest absolute Gasteiger partial charge is 0.303 e. The molecule has 2 heterocycles. The van der Waals surface area contributed by atoms with E-state index in [1.165, 1.54) is 30.5 Å². The molecule has 1 amide bonds. The van der Waals surface area contributed by atoms with Crippen LogP contribution in [-0.2, 0) is 16.0 Å². The van der Waals surface area contributed by atoms with Crippen LogP contribution in [0.5, 0.6) is 0 Å². The van der Waals surface area contributed by atoms with Gasteiger partial charge >= 0.3 is 5.97 Å². The number of nitrogens with zero attached hydrogens (tertiary/aromatic N) is 3. The maximum absolute atomic E-state index is 14.6. The van der Waals surface area contributed by atoms with E-state index in [2.05, 4.69) is 24.3 Å². The van der Waals surface area contributed by atoms with Crippen molar-refractivity contribution in [3.05, 3.63) is 81.8 Å². The molecule has 2 fully saturated rings. The van der Waals surface area contributed by atoms with E-state index in [9.17, 15) is 19.1 Å².